The van der Waals surface area contributed by atoms with Crippen LogP contribution in [0.25, 0.3) is 0 Å². The number of ether oxygens (including phenoxy) is 1. The third-order valence-electron chi connectivity index (χ3n) is 2.57. The first-order valence-corrected chi connectivity index (χ1v) is 6.71. The van der Waals surface area contributed by atoms with Crippen molar-refractivity contribution in [1.29, 1.82) is 0 Å². The lowest BCUT2D eigenvalue weighted by Gasteiger charge is -2.18. The Morgan fingerprint density at radius 3 is 2.43 bits per heavy atom. The van der Waals surface area contributed by atoms with Gasteiger partial charge in [-0.25, -0.2) is 0 Å². The van der Waals surface area contributed by atoms with Gasteiger partial charge in [0.2, 0.25) is 12.3 Å². The number of carbonyl (C=O) groups is 3. The van der Waals surface area contributed by atoms with Gasteiger partial charge < -0.3 is 15.4 Å². The topological polar surface area (TPSA) is 84.5 Å². The fourth-order valence-corrected chi connectivity index (χ4v) is 2.20. The Morgan fingerprint density at radius 2 is 1.90 bits per heavy atom. The molecule has 0 aliphatic carbocycles. The Labute approximate surface area is 131 Å². The smallest absolute Gasteiger partial charge is 0.307 e. The van der Waals surface area contributed by atoms with E-state index in [1.807, 2.05) is 0 Å². The van der Waals surface area contributed by atoms with Crippen LogP contribution in [-0.4, -0.2) is 31.9 Å². The van der Waals surface area contributed by atoms with Crippen molar-refractivity contribution in [3.63, 3.8) is 0 Å². The van der Waals surface area contributed by atoms with Gasteiger partial charge in [0, 0.05) is 10.0 Å². The van der Waals surface area contributed by atoms with Crippen LogP contribution in [0.5, 0.6) is 0 Å². The predicted octanol–water partition coefficient (Wildman–Crippen LogP) is 1.46. The molecule has 0 radical (unpaired) electrons. The third-order valence-corrected chi connectivity index (χ3v) is 3.00. The van der Waals surface area contributed by atoms with Crippen LogP contribution in [0.1, 0.15) is 18.0 Å². The van der Waals surface area contributed by atoms with E-state index in [1.165, 1.54) is 13.2 Å². The van der Waals surface area contributed by atoms with Crippen LogP contribution in [0, 0.1) is 0 Å². The first-order valence-electron chi connectivity index (χ1n) is 5.95. The fourth-order valence-electron chi connectivity index (χ4n) is 1.66. The van der Waals surface area contributed by atoms with Gasteiger partial charge in [0.1, 0.15) is 0 Å². The highest BCUT2D eigenvalue weighted by atomic mass is 35.5. The molecule has 6 nitrogen and oxygen atoms in total. The molecule has 0 bridgehead atoms. The summed E-state index contributed by atoms with van der Waals surface area (Å²) >= 11 is 11.8. The Bertz CT molecular complexity index is 517. The van der Waals surface area contributed by atoms with E-state index in [0.29, 0.717) is 22.0 Å². The molecule has 0 heterocycles. The number of esters is 1. The average Bonchev–Trinajstić information content (AvgIpc) is 2.43. The van der Waals surface area contributed by atoms with Gasteiger partial charge in [-0.3, -0.25) is 14.4 Å². The van der Waals surface area contributed by atoms with Gasteiger partial charge in [-0.1, -0.05) is 23.2 Å². The number of hydrogen-bond acceptors (Lipinski definition) is 4. The van der Waals surface area contributed by atoms with Crippen LogP contribution in [0.15, 0.2) is 18.2 Å². The molecule has 2 amide bonds. The maximum absolute atomic E-state index is 11.7. The molecule has 0 saturated carbocycles. The monoisotopic (exact) mass is 332 g/mol. The Hall–Kier alpha value is -1.79. The van der Waals surface area contributed by atoms with Crippen LogP contribution in [0.4, 0.5) is 0 Å². The summed E-state index contributed by atoms with van der Waals surface area (Å²) in [6.45, 7) is -0.199. The molecule has 0 aliphatic heterocycles. The van der Waals surface area contributed by atoms with Gasteiger partial charge in [0.25, 0.3) is 0 Å². The second-order valence-electron chi connectivity index (χ2n) is 4.10. The average molecular weight is 333 g/mol. The van der Waals surface area contributed by atoms with Gasteiger partial charge in [-0.15, -0.1) is 0 Å². The van der Waals surface area contributed by atoms with Crippen LogP contribution < -0.4 is 10.6 Å². The number of hydrogen-bond donors (Lipinski definition) is 2. The number of rotatable bonds is 7. The largest absolute Gasteiger partial charge is 0.469 e. The van der Waals surface area contributed by atoms with Crippen molar-refractivity contribution in [3.05, 3.63) is 33.8 Å². The summed E-state index contributed by atoms with van der Waals surface area (Å²) in [6.07, 6.45) is 0.325. The molecule has 0 saturated heterocycles. The van der Waals surface area contributed by atoms with Crippen LogP contribution in [-0.2, 0) is 19.1 Å². The quantitative estimate of drug-likeness (QED) is 0.584. The van der Waals surface area contributed by atoms with E-state index in [9.17, 15) is 14.4 Å². The molecule has 0 aromatic heterocycles. The molecule has 1 atom stereocenters. The highest BCUT2D eigenvalue weighted by Gasteiger charge is 2.19. The van der Waals surface area contributed by atoms with Crippen molar-refractivity contribution in [2.45, 2.75) is 12.5 Å². The summed E-state index contributed by atoms with van der Waals surface area (Å²) < 4.78 is 4.60. The maximum atomic E-state index is 11.7. The summed E-state index contributed by atoms with van der Waals surface area (Å²) in [5.41, 5.74) is 0.567. The van der Waals surface area contributed by atoms with Crippen LogP contribution >= 0.6 is 23.2 Å². The Kier molecular flexibility index (Phi) is 6.98. The van der Waals surface area contributed by atoms with E-state index in [1.54, 1.807) is 12.1 Å². The van der Waals surface area contributed by atoms with Gasteiger partial charge >= 0.3 is 5.97 Å². The first-order chi connectivity index (χ1) is 9.96. The lowest BCUT2D eigenvalue weighted by Crippen LogP contribution is -2.36. The predicted molar refractivity (Wildman–Crippen MR) is 78.0 cm³/mol. The summed E-state index contributed by atoms with van der Waals surface area (Å²) in [5, 5.41) is 5.61. The van der Waals surface area contributed by atoms with Crippen LogP contribution in [0.2, 0.25) is 10.0 Å². The third kappa shape index (κ3) is 6.01. The Balaban J connectivity index is 2.92. The van der Waals surface area contributed by atoms with E-state index < -0.39 is 17.9 Å². The number of amides is 2. The van der Waals surface area contributed by atoms with Crippen molar-refractivity contribution in [2.24, 2.45) is 0 Å². The molecule has 0 aliphatic rings. The SMILES string of the molecule is COC(=O)CC(NC(=O)CNC=O)c1cc(Cl)cc(Cl)c1. The number of carbonyl (C=O) groups excluding carboxylic acids is 3. The second kappa shape index (κ2) is 8.49. The summed E-state index contributed by atoms with van der Waals surface area (Å²) in [6, 6.07) is 4.06. The molecule has 0 spiro atoms. The molecule has 114 valence electrons. The number of halogens is 2. The molecule has 21 heavy (non-hydrogen) atoms. The normalized spacial score (nSPS) is 11.4. The zero-order valence-electron chi connectivity index (χ0n) is 11.2. The maximum Gasteiger partial charge on any atom is 0.307 e. The molecule has 2 N–H and O–H groups in total. The van der Waals surface area contributed by atoms with Gasteiger partial charge in [0.05, 0.1) is 26.1 Å². The first kappa shape index (κ1) is 17.3. The highest BCUT2D eigenvalue weighted by molar-refractivity contribution is 6.34. The standard InChI is InChI=1S/C13H14Cl2N2O4/c1-21-13(20)5-11(17-12(19)6-16-7-18)8-2-9(14)4-10(15)3-8/h2-4,7,11H,5-6H2,1H3,(H,16,18)(H,17,19). The summed E-state index contributed by atoms with van der Waals surface area (Å²) in [7, 11) is 1.25. The van der Waals surface area contributed by atoms with Crippen molar-refractivity contribution >= 4 is 41.5 Å². The molecule has 0 fully saturated rings. The molecule has 1 rings (SSSR count). The van der Waals surface area contributed by atoms with Crippen molar-refractivity contribution in [2.75, 3.05) is 13.7 Å². The number of benzene rings is 1. The van der Waals surface area contributed by atoms with E-state index in [0.717, 1.165) is 0 Å². The van der Waals surface area contributed by atoms with Crippen LogP contribution in [0.3, 0.4) is 0 Å². The molecule has 1 aromatic rings. The number of nitrogens with one attached hydrogen (secondary N) is 2. The van der Waals surface area contributed by atoms with Crippen molar-refractivity contribution in [1.82, 2.24) is 10.6 Å². The van der Waals surface area contributed by atoms with Gasteiger partial charge in [-0.2, -0.15) is 0 Å². The van der Waals surface area contributed by atoms with Crippen molar-refractivity contribution < 1.29 is 19.1 Å². The van der Waals surface area contributed by atoms with E-state index in [2.05, 4.69) is 15.4 Å². The van der Waals surface area contributed by atoms with E-state index >= 15 is 0 Å². The number of methoxy groups -OCH3 is 1. The second-order valence-corrected chi connectivity index (χ2v) is 4.97. The molecular formula is C13H14Cl2N2O4. The lowest BCUT2D eigenvalue weighted by molar-refractivity contribution is -0.141. The van der Waals surface area contributed by atoms with E-state index in [-0.39, 0.29) is 13.0 Å². The fraction of sp³-hybridized carbons (Fsp3) is 0.308. The zero-order chi connectivity index (χ0) is 15.8. The summed E-state index contributed by atoms with van der Waals surface area (Å²) in [5.74, 6) is -0.952. The van der Waals surface area contributed by atoms with E-state index in [4.69, 9.17) is 23.2 Å². The minimum Gasteiger partial charge on any atom is -0.469 e. The molecular weight excluding hydrogens is 319 g/mol. The summed E-state index contributed by atoms with van der Waals surface area (Å²) in [4.78, 5) is 33.3. The highest BCUT2D eigenvalue weighted by Crippen LogP contribution is 2.25. The zero-order valence-corrected chi connectivity index (χ0v) is 12.7. The molecule has 1 unspecified atom stereocenters. The lowest BCUT2D eigenvalue weighted by atomic mass is 10.0. The minimum atomic E-state index is -0.658. The minimum absolute atomic E-state index is 0.0833. The van der Waals surface area contributed by atoms with Crippen molar-refractivity contribution in [3.8, 4) is 0 Å². The molecule has 1 aromatic carbocycles. The van der Waals surface area contributed by atoms with Gasteiger partial charge in [-0.05, 0) is 23.8 Å². The Morgan fingerprint density at radius 1 is 1.29 bits per heavy atom. The van der Waals surface area contributed by atoms with Gasteiger partial charge in [0.15, 0.2) is 0 Å². The molecule has 8 heteroatoms.